The first-order valence-electron chi connectivity index (χ1n) is 6.00. The first-order chi connectivity index (χ1) is 9.66. The number of esters is 1. The molecule has 2 aromatic rings. The zero-order valence-electron chi connectivity index (χ0n) is 10.6. The first kappa shape index (κ1) is 14.9. The van der Waals surface area contributed by atoms with Crippen LogP contribution in [0, 0.1) is 0 Å². The smallest absolute Gasteiger partial charge is 0.339 e. The molecule has 0 fully saturated rings. The molecule has 5 heteroatoms. The van der Waals surface area contributed by atoms with Crippen LogP contribution in [-0.2, 0) is 4.74 Å². The molecule has 0 N–H and O–H groups in total. The molecule has 0 aliphatic heterocycles. The quantitative estimate of drug-likeness (QED) is 0.502. The molecule has 0 bridgehead atoms. The van der Waals surface area contributed by atoms with Gasteiger partial charge < -0.3 is 9.47 Å². The Kier molecular flexibility index (Phi) is 5.49. The Morgan fingerprint density at radius 2 is 1.85 bits per heavy atom. The standard InChI is InChI=1S/C15H13BrO3S/c16-11-6-7-13(14(20)10-11)15(17)19-9-8-18-12-4-2-1-3-5-12/h1-7,10,20H,8-9H2. The maximum atomic E-state index is 11.8. The van der Waals surface area contributed by atoms with E-state index < -0.39 is 5.97 Å². The van der Waals surface area contributed by atoms with Crippen LogP contribution in [0.25, 0.3) is 0 Å². The molecule has 0 amide bonds. The monoisotopic (exact) mass is 352 g/mol. The summed E-state index contributed by atoms with van der Waals surface area (Å²) in [5, 5.41) is 0. The van der Waals surface area contributed by atoms with Gasteiger partial charge in [-0.2, -0.15) is 0 Å². The van der Waals surface area contributed by atoms with E-state index in [0.717, 1.165) is 10.2 Å². The van der Waals surface area contributed by atoms with E-state index in [-0.39, 0.29) is 6.61 Å². The van der Waals surface area contributed by atoms with Crippen LogP contribution in [0.1, 0.15) is 10.4 Å². The van der Waals surface area contributed by atoms with Gasteiger partial charge >= 0.3 is 5.97 Å². The predicted octanol–water partition coefficient (Wildman–Crippen LogP) is 3.97. The zero-order chi connectivity index (χ0) is 14.4. The molecular formula is C15H13BrO3S. The highest BCUT2D eigenvalue weighted by Gasteiger charge is 2.11. The second-order valence-electron chi connectivity index (χ2n) is 3.96. The highest BCUT2D eigenvalue weighted by Crippen LogP contribution is 2.20. The molecule has 0 saturated carbocycles. The Morgan fingerprint density at radius 3 is 2.55 bits per heavy atom. The van der Waals surface area contributed by atoms with Gasteiger partial charge in [0.25, 0.3) is 0 Å². The van der Waals surface area contributed by atoms with Crippen molar-refractivity contribution in [3.05, 3.63) is 58.6 Å². The van der Waals surface area contributed by atoms with Crippen molar-refractivity contribution in [1.82, 2.24) is 0 Å². The van der Waals surface area contributed by atoms with Gasteiger partial charge in [0, 0.05) is 9.37 Å². The lowest BCUT2D eigenvalue weighted by atomic mass is 10.2. The Morgan fingerprint density at radius 1 is 1.10 bits per heavy atom. The van der Waals surface area contributed by atoms with Crippen molar-refractivity contribution in [2.45, 2.75) is 4.90 Å². The number of halogens is 1. The fraction of sp³-hybridized carbons (Fsp3) is 0.133. The minimum atomic E-state index is -0.404. The van der Waals surface area contributed by atoms with Crippen LogP contribution in [0.15, 0.2) is 57.9 Å². The number of para-hydroxylation sites is 1. The van der Waals surface area contributed by atoms with E-state index in [4.69, 9.17) is 9.47 Å². The van der Waals surface area contributed by atoms with Gasteiger partial charge in [0.1, 0.15) is 19.0 Å². The Bertz CT molecular complexity index is 587. The van der Waals surface area contributed by atoms with Gasteiger partial charge in [0.15, 0.2) is 0 Å². The van der Waals surface area contributed by atoms with Crippen LogP contribution in [-0.4, -0.2) is 19.2 Å². The summed E-state index contributed by atoms with van der Waals surface area (Å²) in [5.74, 6) is 0.348. The van der Waals surface area contributed by atoms with Crippen molar-refractivity contribution >= 4 is 34.5 Å². The fourth-order valence-electron chi connectivity index (χ4n) is 1.57. The Balaban J connectivity index is 1.80. The summed E-state index contributed by atoms with van der Waals surface area (Å²) in [6.45, 7) is 0.505. The van der Waals surface area contributed by atoms with E-state index >= 15 is 0 Å². The van der Waals surface area contributed by atoms with Crippen molar-refractivity contribution < 1.29 is 14.3 Å². The number of carbonyl (C=O) groups is 1. The van der Waals surface area contributed by atoms with Crippen LogP contribution >= 0.6 is 28.6 Å². The number of rotatable bonds is 5. The molecule has 0 spiro atoms. The molecule has 2 aromatic carbocycles. The second-order valence-corrected chi connectivity index (χ2v) is 5.36. The summed E-state index contributed by atoms with van der Waals surface area (Å²) in [6, 6.07) is 14.6. The largest absolute Gasteiger partial charge is 0.490 e. The van der Waals surface area contributed by atoms with Gasteiger partial charge in [0.05, 0.1) is 5.56 Å². The lowest BCUT2D eigenvalue weighted by Gasteiger charge is -2.08. The molecule has 3 nitrogen and oxygen atoms in total. The van der Waals surface area contributed by atoms with Crippen LogP contribution in [0.2, 0.25) is 0 Å². The molecular weight excluding hydrogens is 340 g/mol. The molecule has 2 rings (SSSR count). The van der Waals surface area contributed by atoms with Gasteiger partial charge in [-0.25, -0.2) is 4.79 Å². The van der Waals surface area contributed by atoms with Gasteiger partial charge in [0.2, 0.25) is 0 Å². The third kappa shape index (κ3) is 4.28. The van der Waals surface area contributed by atoms with E-state index in [1.807, 2.05) is 30.3 Å². The van der Waals surface area contributed by atoms with Gasteiger partial charge in [-0.15, -0.1) is 12.6 Å². The number of carbonyl (C=O) groups excluding carboxylic acids is 1. The summed E-state index contributed by atoms with van der Waals surface area (Å²) in [6.07, 6.45) is 0. The van der Waals surface area contributed by atoms with Crippen LogP contribution in [0.3, 0.4) is 0 Å². The third-order valence-corrected chi connectivity index (χ3v) is 3.37. The van der Waals surface area contributed by atoms with E-state index in [0.29, 0.717) is 17.1 Å². The molecule has 0 saturated heterocycles. The minimum Gasteiger partial charge on any atom is -0.490 e. The highest BCUT2D eigenvalue weighted by atomic mass is 79.9. The fourth-order valence-corrected chi connectivity index (χ4v) is 2.41. The Hall–Kier alpha value is -1.46. The molecule has 20 heavy (non-hydrogen) atoms. The topological polar surface area (TPSA) is 35.5 Å². The van der Waals surface area contributed by atoms with E-state index in [2.05, 4.69) is 28.6 Å². The maximum Gasteiger partial charge on any atom is 0.339 e. The summed E-state index contributed by atoms with van der Waals surface area (Å²) in [4.78, 5) is 12.4. The van der Waals surface area contributed by atoms with Gasteiger partial charge in [-0.3, -0.25) is 0 Å². The summed E-state index contributed by atoms with van der Waals surface area (Å²) in [5.41, 5.74) is 0.441. The number of ether oxygens (including phenoxy) is 2. The molecule has 0 atom stereocenters. The maximum absolute atomic E-state index is 11.8. The lowest BCUT2D eigenvalue weighted by molar-refractivity contribution is 0.0446. The number of thiol groups is 1. The predicted molar refractivity (Wildman–Crippen MR) is 83.6 cm³/mol. The van der Waals surface area contributed by atoms with E-state index in [9.17, 15) is 4.79 Å². The van der Waals surface area contributed by atoms with Crippen molar-refractivity contribution in [3.63, 3.8) is 0 Å². The van der Waals surface area contributed by atoms with Gasteiger partial charge in [-0.1, -0.05) is 34.1 Å². The normalized spacial score (nSPS) is 10.1. The number of benzene rings is 2. The highest BCUT2D eigenvalue weighted by molar-refractivity contribution is 9.10. The number of hydrogen-bond acceptors (Lipinski definition) is 4. The molecule has 0 aliphatic rings. The van der Waals surface area contributed by atoms with Crippen molar-refractivity contribution in [2.24, 2.45) is 0 Å². The van der Waals surface area contributed by atoms with E-state index in [1.165, 1.54) is 0 Å². The first-order valence-corrected chi connectivity index (χ1v) is 7.24. The summed E-state index contributed by atoms with van der Waals surface area (Å²) < 4.78 is 11.4. The molecule has 0 unspecified atom stereocenters. The minimum absolute atomic E-state index is 0.191. The van der Waals surface area contributed by atoms with Crippen LogP contribution in [0.4, 0.5) is 0 Å². The average molecular weight is 353 g/mol. The molecule has 0 radical (unpaired) electrons. The average Bonchev–Trinajstić information content (AvgIpc) is 2.44. The van der Waals surface area contributed by atoms with Gasteiger partial charge in [-0.05, 0) is 30.3 Å². The molecule has 0 aromatic heterocycles. The van der Waals surface area contributed by atoms with Crippen molar-refractivity contribution in [2.75, 3.05) is 13.2 Å². The summed E-state index contributed by atoms with van der Waals surface area (Å²) >= 11 is 7.56. The third-order valence-electron chi connectivity index (χ3n) is 2.51. The summed E-state index contributed by atoms with van der Waals surface area (Å²) in [7, 11) is 0. The lowest BCUT2D eigenvalue weighted by Crippen LogP contribution is -2.12. The zero-order valence-corrected chi connectivity index (χ0v) is 13.1. The SMILES string of the molecule is O=C(OCCOc1ccccc1)c1ccc(Br)cc1S. The second kappa shape index (κ2) is 7.36. The van der Waals surface area contributed by atoms with Crippen molar-refractivity contribution in [1.29, 1.82) is 0 Å². The van der Waals surface area contributed by atoms with Crippen molar-refractivity contribution in [3.8, 4) is 5.75 Å². The number of hydrogen-bond donors (Lipinski definition) is 1. The van der Waals surface area contributed by atoms with Crippen LogP contribution < -0.4 is 4.74 Å². The Labute approximate surface area is 131 Å². The molecule has 0 heterocycles. The van der Waals surface area contributed by atoms with Crippen LogP contribution in [0.5, 0.6) is 5.75 Å². The van der Waals surface area contributed by atoms with E-state index in [1.54, 1.807) is 18.2 Å². The molecule has 104 valence electrons. The molecule has 0 aliphatic carbocycles.